The summed E-state index contributed by atoms with van der Waals surface area (Å²) in [6, 6.07) is 0. The Morgan fingerprint density at radius 3 is 2.47 bits per heavy atom. The number of alkyl carbamates (subject to hydrolysis) is 1. The SMILES string of the molecule is C[C@]12C=CC(=O)C=C1CC[C@H]1[C@@H]3C[C@@H](O)[C@@](C)(C(=O)COC(=O)NCC(=O)NCCCCCCON(O)O)[C@@]3(C)C[C@H](O)[C@@]12F. The van der Waals surface area contributed by atoms with Gasteiger partial charge in [-0.25, -0.2) is 9.18 Å². The van der Waals surface area contributed by atoms with Gasteiger partial charge in [-0.3, -0.25) is 29.6 Å². The van der Waals surface area contributed by atoms with Crippen molar-refractivity contribution in [2.45, 2.75) is 90.0 Å². The number of hydrogen-bond donors (Lipinski definition) is 6. The quantitative estimate of drug-likeness (QED) is 0.128. The molecule has 2 amide bonds. The van der Waals surface area contributed by atoms with Crippen LogP contribution in [0.15, 0.2) is 23.8 Å². The van der Waals surface area contributed by atoms with Gasteiger partial charge in [-0.05, 0) is 75.9 Å². The van der Waals surface area contributed by atoms with Crippen LogP contribution in [0.3, 0.4) is 0 Å². The molecule has 45 heavy (non-hydrogen) atoms. The maximum Gasteiger partial charge on any atom is 0.408 e. The molecule has 13 nitrogen and oxygen atoms in total. The molecule has 8 atom stereocenters. The molecule has 0 saturated heterocycles. The van der Waals surface area contributed by atoms with Gasteiger partial charge < -0.3 is 25.6 Å². The zero-order valence-corrected chi connectivity index (χ0v) is 26.1. The minimum Gasteiger partial charge on any atom is -0.442 e. The number of amides is 2. The second kappa shape index (κ2) is 13.5. The fourth-order valence-corrected chi connectivity index (χ4v) is 8.45. The lowest BCUT2D eigenvalue weighted by Gasteiger charge is -2.62. The van der Waals surface area contributed by atoms with E-state index in [1.165, 1.54) is 12.2 Å². The van der Waals surface area contributed by atoms with Crippen molar-refractivity contribution in [3.8, 4) is 0 Å². The lowest BCUT2D eigenvalue weighted by molar-refractivity contribution is -0.492. The first kappa shape index (κ1) is 35.1. The third kappa shape index (κ3) is 6.32. The zero-order valence-electron chi connectivity index (χ0n) is 26.1. The molecule has 6 N–H and O–H groups in total. The summed E-state index contributed by atoms with van der Waals surface area (Å²) < 4.78 is 22.4. The van der Waals surface area contributed by atoms with Crippen molar-refractivity contribution in [3.63, 3.8) is 0 Å². The predicted octanol–water partition coefficient (Wildman–Crippen LogP) is 2.32. The summed E-state index contributed by atoms with van der Waals surface area (Å²) in [5.74, 6) is -2.34. The number of alkyl halides is 1. The van der Waals surface area contributed by atoms with Gasteiger partial charge in [0.2, 0.25) is 5.91 Å². The number of fused-ring (bicyclic) bond motifs is 5. The summed E-state index contributed by atoms with van der Waals surface area (Å²) in [4.78, 5) is 54.5. The van der Waals surface area contributed by atoms with Crippen LogP contribution < -0.4 is 10.6 Å². The number of nitrogens with one attached hydrogen (secondary N) is 2. The van der Waals surface area contributed by atoms with Crippen molar-refractivity contribution >= 4 is 23.6 Å². The summed E-state index contributed by atoms with van der Waals surface area (Å²) >= 11 is 0. The summed E-state index contributed by atoms with van der Waals surface area (Å²) in [5.41, 5.74) is -5.08. The highest BCUT2D eigenvalue weighted by molar-refractivity contribution is 6.01. The smallest absolute Gasteiger partial charge is 0.408 e. The molecule has 0 bridgehead atoms. The van der Waals surface area contributed by atoms with Gasteiger partial charge in [0.25, 0.3) is 0 Å². The highest BCUT2D eigenvalue weighted by Gasteiger charge is 2.75. The topological polar surface area (TPSA) is 195 Å². The van der Waals surface area contributed by atoms with Crippen molar-refractivity contribution in [2.75, 3.05) is 26.3 Å². The standard InChI is InChI=1S/C31H46FN3O10/c1-28-11-10-20(36)14-19(28)8-9-21-22-15-23(37)30(3,29(22,2)16-24(38)31(21,28)32)25(39)18-44-27(41)34-17-26(40)33-12-6-4-5-7-13-45-35(42)43/h10-11,14,21-24,37-38,42-43H,4-9,12-13,15-18H2,1-3H3,(H,33,40)(H,34,41)/t21-,22-,23+,24-,28-,29-,30-,31-/m0/s1. The van der Waals surface area contributed by atoms with Crippen LogP contribution in [-0.4, -0.2) is 93.8 Å². The fraction of sp³-hybridized carbons (Fsp3) is 0.742. The Balaban J connectivity index is 1.29. The monoisotopic (exact) mass is 639 g/mol. The minimum atomic E-state index is -2.10. The summed E-state index contributed by atoms with van der Waals surface area (Å²) in [6.07, 6.45) is 4.38. The molecule has 0 aromatic rings. The minimum absolute atomic E-state index is 0.0985. The Kier molecular flexibility index (Phi) is 10.6. The first-order valence-electron chi connectivity index (χ1n) is 15.6. The number of ketones is 2. The van der Waals surface area contributed by atoms with Gasteiger partial charge in [0.15, 0.2) is 23.8 Å². The molecule has 0 radical (unpaired) electrons. The van der Waals surface area contributed by atoms with Crippen molar-refractivity contribution < 1.29 is 53.8 Å². The number of aliphatic hydroxyl groups excluding tert-OH is 2. The number of carbonyl (C=O) groups is 4. The summed E-state index contributed by atoms with van der Waals surface area (Å²) in [6.45, 7) is 4.55. The number of unbranched alkanes of at least 4 members (excludes halogenated alkanes) is 3. The third-order valence-corrected chi connectivity index (χ3v) is 11.3. The van der Waals surface area contributed by atoms with E-state index in [4.69, 9.17) is 15.2 Å². The van der Waals surface area contributed by atoms with Gasteiger partial charge in [0.05, 0.1) is 36.2 Å². The molecule has 0 aromatic carbocycles. The molecule has 0 unspecified atom stereocenters. The first-order chi connectivity index (χ1) is 21.1. The number of hydrogen-bond acceptors (Lipinski definition) is 11. The van der Waals surface area contributed by atoms with Crippen LogP contribution in [0, 0.1) is 28.1 Å². The van der Waals surface area contributed by atoms with Gasteiger partial charge in [-0.1, -0.05) is 31.4 Å². The molecule has 3 fully saturated rings. The van der Waals surface area contributed by atoms with Gasteiger partial charge >= 0.3 is 6.09 Å². The maximum absolute atomic E-state index is 17.3. The number of rotatable bonds is 13. The number of halogens is 1. The van der Waals surface area contributed by atoms with Crippen molar-refractivity contribution in [3.05, 3.63) is 23.8 Å². The van der Waals surface area contributed by atoms with Crippen LogP contribution in [0.5, 0.6) is 0 Å². The Hall–Kier alpha value is -2.75. The number of Topliss-reactive ketones (excluding diaryl/α,β-unsaturated/α-hetero) is 1. The Bertz CT molecular complexity index is 1230. The zero-order chi connectivity index (χ0) is 33.2. The van der Waals surface area contributed by atoms with Gasteiger partial charge in [0.1, 0.15) is 0 Å². The molecule has 252 valence electrons. The van der Waals surface area contributed by atoms with E-state index in [0.29, 0.717) is 37.8 Å². The first-order valence-corrected chi connectivity index (χ1v) is 15.6. The number of allylic oxidation sites excluding steroid dienone is 4. The van der Waals surface area contributed by atoms with E-state index >= 15 is 4.39 Å². The molecule has 4 aliphatic carbocycles. The number of ether oxygens (including phenoxy) is 1. The van der Waals surface area contributed by atoms with E-state index in [9.17, 15) is 29.4 Å². The maximum atomic E-state index is 17.3. The third-order valence-electron chi connectivity index (χ3n) is 11.3. The highest BCUT2D eigenvalue weighted by Crippen LogP contribution is 2.71. The Morgan fingerprint density at radius 2 is 1.76 bits per heavy atom. The molecular formula is C31H46FN3O10. The van der Waals surface area contributed by atoms with Crippen LogP contribution in [-0.2, 0) is 24.0 Å². The van der Waals surface area contributed by atoms with E-state index in [0.717, 1.165) is 12.8 Å². The van der Waals surface area contributed by atoms with Crippen LogP contribution in [0.25, 0.3) is 0 Å². The van der Waals surface area contributed by atoms with Crippen molar-refractivity contribution in [1.29, 1.82) is 0 Å². The van der Waals surface area contributed by atoms with Gasteiger partial charge in [-0.15, -0.1) is 0 Å². The highest BCUT2D eigenvalue weighted by atomic mass is 19.1. The molecular weight excluding hydrogens is 593 g/mol. The van der Waals surface area contributed by atoms with Crippen molar-refractivity contribution in [2.24, 2.45) is 28.1 Å². The fourth-order valence-electron chi connectivity index (χ4n) is 8.45. The normalized spacial score (nSPS) is 36.9. The molecule has 4 aliphatic rings. The second-order valence-corrected chi connectivity index (χ2v) is 13.4. The van der Waals surface area contributed by atoms with E-state index in [2.05, 4.69) is 15.5 Å². The molecule has 3 saturated carbocycles. The van der Waals surface area contributed by atoms with E-state index in [-0.39, 0.29) is 37.2 Å². The second-order valence-electron chi connectivity index (χ2n) is 13.4. The average molecular weight is 640 g/mol. The van der Waals surface area contributed by atoms with E-state index < -0.39 is 70.3 Å². The molecule has 0 aliphatic heterocycles. The lowest BCUT2D eigenvalue weighted by Crippen LogP contribution is -2.68. The Morgan fingerprint density at radius 1 is 1.04 bits per heavy atom. The van der Waals surface area contributed by atoms with Gasteiger partial charge in [-0.2, -0.15) is 0 Å². The molecule has 14 heteroatoms. The molecule has 0 heterocycles. The molecule has 0 aromatic heterocycles. The van der Waals surface area contributed by atoms with Crippen LogP contribution >= 0.6 is 0 Å². The average Bonchev–Trinajstić information content (AvgIpc) is 3.18. The van der Waals surface area contributed by atoms with E-state index in [1.807, 2.05) is 0 Å². The van der Waals surface area contributed by atoms with E-state index in [1.54, 1.807) is 26.8 Å². The number of aliphatic hydroxyl groups is 2. The number of carbonyl (C=O) groups excluding carboxylic acids is 4. The van der Waals surface area contributed by atoms with Crippen LogP contribution in [0.4, 0.5) is 9.18 Å². The van der Waals surface area contributed by atoms with Crippen LogP contribution in [0.1, 0.15) is 72.1 Å². The lowest BCUT2D eigenvalue weighted by atomic mass is 9.43. The summed E-state index contributed by atoms with van der Waals surface area (Å²) in [7, 11) is 0. The van der Waals surface area contributed by atoms with Crippen molar-refractivity contribution in [1.82, 2.24) is 16.0 Å². The Labute approximate surface area is 261 Å². The summed E-state index contributed by atoms with van der Waals surface area (Å²) in [5, 5.41) is 44.3. The van der Waals surface area contributed by atoms with Gasteiger partial charge in [0, 0.05) is 17.9 Å². The number of nitrogens with zero attached hydrogens (tertiary/aromatic N) is 1. The van der Waals surface area contributed by atoms with Crippen LogP contribution in [0.2, 0.25) is 0 Å². The predicted molar refractivity (Wildman–Crippen MR) is 155 cm³/mol. The molecule has 4 rings (SSSR count). The molecule has 0 spiro atoms. The largest absolute Gasteiger partial charge is 0.442 e.